The van der Waals surface area contributed by atoms with Crippen LogP contribution in [0.1, 0.15) is 113 Å². The van der Waals surface area contributed by atoms with Crippen LogP contribution >= 0.6 is 0 Å². The molecule has 0 amide bonds. The topological polar surface area (TPSA) is 0 Å². The zero-order valence-electron chi connectivity index (χ0n) is 17.0. The van der Waals surface area contributed by atoms with Gasteiger partial charge in [0.05, 0.1) is 0 Å². The third kappa shape index (κ3) is 9.21. The fourth-order valence-corrected chi connectivity index (χ4v) is 4.04. The quantitative estimate of drug-likeness (QED) is 0.284. The van der Waals surface area contributed by atoms with Gasteiger partial charge in [0.1, 0.15) is 0 Å². The average Bonchev–Trinajstić information content (AvgIpc) is 2.49. The molecule has 0 heteroatoms. The molecule has 0 saturated carbocycles. The molecule has 0 nitrogen and oxygen atoms in total. The molecule has 4 unspecified atom stereocenters. The maximum atomic E-state index is 2.53. The Kier molecular flexibility index (Phi) is 13.4. The van der Waals surface area contributed by atoms with E-state index in [-0.39, 0.29) is 0 Å². The summed E-state index contributed by atoms with van der Waals surface area (Å²) in [7, 11) is 0. The molecule has 0 aromatic heterocycles. The molecule has 4 atom stereocenters. The van der Waals surface area contributed by atoms with Crippen molar-refractivity contribution in [3.05, 3.63) is 0 Å². The fraction of sp³-hybridized carbons (Fsp3) is 1.00. The Morgan fingerprint density at radius 3 is 1.77 bits per heavy atom. The minimum Gasteiger partial charge on any atom is -0.0654 e. The van der Waals surface area contributed by atoms with Gasteiger partial charge in [0.2, 0.25) is 0 Å². The van der Waals surface area contributed by atoms with Gasteiger partial charge in [-0.3, -0.25) is 0 Å². The van der Waals surface area contributed by atoms with Gasteiger partial charge in [-0.1, -0.05) is 106 Å². The molecule has 0 aromatic rings. The monoisotopic (exact) mass is 310 g/mol. The first-order chi connectivity index (χ1) is 10.5. The highest BCUT2D eigenvalue weighted by Crippen LogP contribution is 2.35. The number of rotatable bonds is 14. The van der Waals surface area contributed by atoms with Gasteiger partial charge in [0, 0.05) is 0 Å². The lowest BCUT2D eigenvalue weighted by Crippen LogP contribution is -2.22. The van der Waals surface area contributed by atoms with Crippen LogP contribution in [0.4, 0.5) is 0 Å². The van der Waals surface area contributed by atoms with Gasteiger partial charge in [0.15, 0.2) is 0 Å². The molecule has 0 aliphatic carbocycles. The van der Waals surface area contributed by atoms with Gasteiger partial charge in [-0.2, -0.15) is 0 Å². The number of unbranched alkanes of at least 4 members (excludes halogenated alkanes) is 2. The van der Waals surface area contributed by atoms with E-state index >= 15 is 0 Å². The second-order valence-corrected chi connectivity index (χ2v) is 8.25. The molecular formula is C22H46. The van der Waals surface area contributed by atoms with Crippen molar-refractivity contribution in [3.8, 4) is 0 Å². The Balaban J connectivity index is 4.51. The van der Waals surface area contributed by atoms with Crippen molar-refractivity contribution in [3.63, 3.8) is 0 Å². The summed E-state index contributed by atoms with van der Waals surface area (Å²) in [5, 5.41) is 0. The summed E-state index contributed by atoms with van der Waals surface area (Å²) in [6.45, 7) is 16.8. The first-order valence-electron chi connectivity index (χ1n) is 10.5. The lowest BCUT2D eigenvalue weighted by atomic mass is 9.73. The molecule has 22 heavy (non-hydrogen) atoms. The van der Waals surface area contributed by atoms with E-state index < -0.39 is 0 Å². The summed E-state index contributed by atoms with van der Waals surface area (Å²) in [6, 6.07) is 0. The molecule has 0 heterocycles. The van der Waals surface area contributed by atoms with Crippen molar-refractivity contribution in [1.82, 2.24) is 0 Å². The Morgan fingerprint density at radius 1 is 0.591 bits per heavy atom. The van der Waals surface area contributed by atoms with Gasteiger partial charge >= 0.3 is 0 Å². The molecule has 0 saturated heterocycles. The van der Waals surface area contributed by atoms with E-state index in [0.717, 1.165) is 29.6 Å². The largest absolute Gasteiger partial charge is 0.0654 e. The highest BCUT2D eigenvalue weighted by Gasteiger charge is 2.24. The Morgan fingerprint density at radius 2 is 1.27 bits per heavy atom. The minimum atomic E-state index is 0.845. The third-order valence-corrected chi connectivity index (χ3v) is 6.12. The predicted octanol–water partition coefficient (Wildman–Crippen LogP) is 8.11. The van der Waals surface area contributed by atoms with Crippen molar-refractivity contribution in [2.45, 2.75) is 113 Å². The molecular weight excluding hydrogens is 264 g/mol. The van der Waals surface area contributed by atoms with E-state index in [1.54, 1.807) is 0 Å². The molecule has 0 aliphatic rings. The normalized spacial score (nSPS) is 17.5. The third-order valence-electron chi connectivity index (χ3n) is 6.12. The van der Waals surface area contributed by atoms with Gasteiger partial charge < -0.3 is 0 Å². The zero-order chi connectivity index (χ0) is 17.0. The van der Waals surface area contributed by atoms with Gasteiger partial charge in [-0.15, -0.1) is 0 Å². The zero-order valence-corrected chi connectivity index (χ0v) is 17.0. The SMILES string of the molecule is CCCCCC(CC)C(CCCC(C)C(C)C)C(C)CCC. The van der Waals surface area contributed by atoms with E-state index in [9.17, 15) is 0 Å². The summed E-state index contributed by atoms with van der Waals surface area (Å²) in [6.07, 6.45) is 14.2. The fourth-order valence-electron chi connectivity index (χ4n) is 4.04. The van der Waals surface area contributed by atoms with Crippen molar-refractivity contribution in [1.29, 1.82) is 0 Å². The molecule has 0 N–H and O–H groups in total. The lowest BCUT2D eigenvalue weighted by Gasteiger charge is -2.32. The summed E-state index contributed by atoms with van der Waals surface area (Å²) in [5.74, 6) is 4.61. The van der Waals surface area contributed by atoms with Crippen LogP contribution < -0.4 is 0 Å². The molecule has 0 aromatic carbocycles. The van der Waals surface area contributed by atoms with Gasteiger partial charge in [-0.05, 0) is 36.0 Å². The van der Waals surface area contributed by atoms with Crippen molar-refractivity contribution in [2.24, 2.45) is 29.6 Å². The minimum absolute atomic E-state index is 0.845. The number of hydrogen-bond acceptors (Lipinski definition) is 0. The number of hydrogen-bond donors (Lipinski definition) is 0. The van der Waals surface area contributed by atoms with Gasteiger partial charge in [0.25, 0.3) is 0 Å². The highest BCUT2D eigenvalue weighted by molar-refractivity contribution is 4.75. The van der Waals surface area contributed by atoms with Crippen LogP contribution in [-0.2, 0) is 0 Å². The van der Waals surface area contributed by atoms with Crippen molar-refractivity contribution in [2.75, 3.05) is 0 Å². The first-order valence-corrected chi connectivity index (χ1v) is 10.5. The molecule has 0 bridgehead atoms. The Hall–Kier alpha value is 0. The molecule has 134 valence electrons. The van der Waals surface area contributed by atoms with Crippen molar-refractivity contribution < 1.29 is 0 Å². The van der Waals surface area contributed by atoms with E-state index in [2.05, 4.69) is 48.5 Å². The maximum Gasteiger partial charge on any atom is -0.0360 e. The summed E-state index contributed by atoms with van der Waals surface area (Å²) < 4.78 is 0. The van der Waals surface area contributed by atoms with E-state index in [1.807, 2.05) is 0 Å². The van der Waals surface area contributed by atoms with Crippen LogP contribution in [0, 0.1) is 29.6 Å². The van der Waals surface area contributed by atoms with E-state index in [4.69, 9.17) is 0 Å². The van der Waals surface area contributed by atoms with Crippen LogP contribution in [0.3, 0.4) is 0 Å². The first kappa shape index (κ1) is 22.0. The van der Waals surface area contributed by atoms with E-state index in [1.165, 1.54) is 64.2 Å². The molecule has 0 rings (SSSR count). The Bertz CT molecular complexity index is 230. The van der Waals surface area contributed by atoms with Gasteiger partial charge in [-0.25, -0.2) is 0 Å². The van der Waals surface area contributed by atoms with Crippen LogP contribution in [0.15, 0.2) is 0 Å². The predicted molar refractivity (Wildman–Crippen MR) is 103 cm³/mol. The standard InChI is InChI=1S/C22H46/c1-8-11-12-16-21(10-3)22(20(7)14-9-2)17-13-15-19(6)18(4)5/h18-22H,8-17H2,1-7H3. The Labute approximate surface area is 142 Å². The maximum absolute atomic E-state index is 2.53. The second kappa shape index (κ2) is 13.4. The summed E-state index contributed by atoms with van der Waals surface area (Å²) in [4.78, 5) is 0. The van der Waals surface area contributed by atoms with Crippen molar-refractivity contribution >= 4 is 0 Å². The van der Waals surface area contributed by atoms with Crippen LogP contribution in [0.5, 0.6) is 0 Å². The lowest BCUT2D eigenvalue weighted by molar-refractivity contribution is 0.184. The van der Waals surface area contributed by atoms with Crippen LogP contribution in [0.2, 0.25) is 0 Å². The average molecular weight is 311 g/mol. The molecule has 0 aliphatic heterocycles. The molecule has 0 radical (unpaired) electrons. The second-order valence-electron chi connectivity index (χ2n) is 8.25. The van der Waals surface area contributed by atoms with Crippen LogP contribution in [0.25, 0.3) is 0 Å². The van der Waals surface area contributed by atoms with E-state index in [0.29, 0.717) is 0 Å². The van der Waals surface area contributed by atoms with Crippen LogP contribution in [-0.4, -0.2) is 0 Å². The summed E-state index contributed by atoms with van der Waals surface area (Å²) in [5.41, 5.74) is 0. The highest BCUT2D eigenvalue weighted by atomic mass is 14.3. The molecule has 0 spiro atoms. The molecule has 0 fully saturated rings. The smallest absolute Gasteiger partial charge is 0.0360 e. The summed E-state index contributed by atoms with van der Waals surface area (Å²) >= 11 is 0.